The number of hydrogen-bond donors (Lipinski definition) is 2. The zero-order chi connectivity index (χ0) is 26.9. The van der Waals surface area contributed by atoms with E-state index in [1.54, 1.807) is 20.8 Å². The molecule has 4 fully saturated rings. The van der Waals surface area contributed by atoms with E-state index < -0.39 is 11.2 Å². The molecule has 0 bridgehead atoms. The van der Waals surface area contributed by atoms with Crippen molar-refractivity contribution >= 4 is 5.97 Å². The number of esters is 1. The molecule has 0 aromatic carbocycles. The van der Waals surface area contributed by atoms with Gasteiger partial charge in [0.1, 0.15) is 6.10 Å². The molecule has 206 valence electrons. The van der Waals surface area contributed by atoms with Gasteiger partial charge in [-0.3, -0.25) is 4.79 Å². The predicted molar refractivity (Wildman–Crippen MR) is 145 cm³/mol. The SMILES string of the molecule is CC(=O)OC1CCC2(C)C(CCC3(C)C2CCC2C(C(C)(O)CC=CC(C)(C)O)CCC23C)C1(C)C. The first kappa shape index (κ1) is 28.1. The molecule has 4 aliphatic carbocycles. The van der Waals surface area contributed by atoms with Crippen molar-refractivity contribution in [2.45, 2.75) is 137 Å². The molecule has 4 heteroatoms. The van der Waals surface area contributed by atoms with E-state index in [2.05, 4.69) is 34.6 Å². The fourth-order valence-corrected chi connectivity index (χ4v) is 10.6. The van der Waals surface area contributed by atoms with Crippen molar-refractivity contribution in [2.24, 2.45) is 45.3 Å². The summed E-state index contributed by atoms with van der Waals surface area (Å²) in [6.07, 6.45) is 13.7. The number of carbonyl (C=O) groups excluding carboxylic acids is 1. The Morgan fingerprint density at radius 3 is 2.14 bits per heavy atom. The standard InChI is InChI=1S/C32H54O4/c1-21(33)36-26-15-18-29(6)24(28(26,4)5)14-20-31(8)25(29)12-11-22-23(13-19-30(22,31)7)32(9,35)17-10-16-27(2,3)34/h10,16,22-26,34-35H,11-15,17-20H2,1-9H3. The quantitative estimate of drug-likeness (QED) is 0.312. The number of ether oxygens (including phenoxy) is 1. The van der Waals surface area contributed by atoms with Gasteiger partial charge in [-0.05, 0) is 118 Å². The van der Waals surface area contributed by atoms with Gasteiger partial charge in [0.2, 0.25) is 0 Å². The predicted octanol–water partition coefficient (Wildman–Crippen LogP) is 7.07. The summed E-state index contributed by atoms with van der Waals surface area (Å²) in [5.74, 6) is 1.92. The molecule has 4 aliphatic rings. The van der Waals surface area contributed by atoms with Crippen LogP contribution in [0.1, 0.15) is 120 Å². The highest BCUT2D eigenvalue weighted by Gasteiger charge is 2.69. The topological polar surface area (TPSA) is 66.8 Å². The molecule has 0 radical (unpaired) electrons. The van der Waals surface area contributed by atoms with E-state index in [0.717, 1.165) is 19.3 Å². The Morgan fingerprint density at radius 1 is 0.889 bits per heavy atom. The summed E-state index contributed by atoms with van der Waals surface area (Å²) in [6, 6.07) is 0. The molecule has 4 rings (SSSR count). The van der Waals surface area contributed by atoms with Gasteiger partial charge in [0.05, 0.1) is 11.2 Å². The van der Waals surface area contributed by atoms with Crippen molar-refractivity contribution in [3.8, 4) is 0 Å². The van der Waals surface area contributed by atoms with Gasteiger partial charge in [0.15, 0.2) is 0 Å². The lowest BCUT2D eigenvalue weighted by Gasteiger charge is -2.70. The minimum absolute atomic E-state index is 0.00749. The molecule has 9 atom stereocenters. The lowest BCUT2D eigenvalue weighted by atomic mass is 9.35. The van der Waals surface area contributed by atoms with Crippen molar-refractivity contribution in [1.82, 2.24) is 0 Å². The second-order valence-electron chi connectivity index (χ2n) is 15.4. The average Bonchev–Trinajstić information content (AvgIpc) is 3.08. The average molecular weight is 503 g/mol. The first-order valence-corrected chi connectivity index (χ1v) is 14.7. The van der Waals surface area contributed by atoms with Gasteiger partial charge in [0, 0.05) is 12.3 Å². The molecule has 0 spiro atoms. The molecule has 0 amide bonds. The smallest absolute Gasteiger partial charge is 0.302 e. The van der Waals surface area contributed by atoms with E-state index in [1.165, 1.54) is 32.1 Å². The fourth-order valence-electron chi connectivity index (χ4n) is 10.6. The van der Waals surface area contributed by atoms with Crippen LogP contribution in [0.3, 0.4) is 0 Å². The van der Waals surface area contributed by atoms with Crippen LogP contribution in [0.15, 0.2) is 12.2 Å². The molecule has 0 saturated heterocycles. The summed E-state index contributed by atoms with van der Waals surface area (Å²) in [6.45, 7) is 19.6. The lowest BCUT2D eigenvalue weighted by Crippen LogP contribution is -2.64. The van der Waals surface area contributed by atoms with Crippen molar-refractivity contribution in [2.75, 3.05) is 0 Å². The Kier molecular flexibility index (Phi) is 6.90. The van der Waals surface area contributed by atoms with Gasteiger partial charge in [-0.1, -0.05) is 46.8 Å². The van der Waals surface area contributed by atoms with Crippen LogP contribution in [-0.2, 0) is 9.53 Å². The van der Waals surface area contributed by atoms with Gasteiger partial charge in [0.25, 0.3) is 0 Å². The van der Waals surface area contributed by atoms with E-state index in [9.17, 15) is 15.0 Å². The highest BCUT2D eigenvalue weighted by molar-refractivity contribution is 5.66. The summed E-state index contributed by atoms with van der Waals surface area (Å²) in [5.41, 5.74) is -0.848. The Hall–Kier alpha value is -0.870. The second-order valence-corrected chi connectivity index (χ2v) is 15.4. The molecule has 4 nitrogen and oxygen atoms in total. The minimum Gasteiger partial charge on any atom is -0.462 e. The van der Waals surface area contributed by atoms with Gasteiger partial charge >= 0.3 is 5.97 Å². The molecule has 0 heterocycles. The summed E-state index contributed by atoms with van der Waals surface area (Å²) < 4.78 is 5.87. The van der Waals surface area contributed by atoms with Crippen LogP contribution in [0.4, 0.5) is 0 Å². The Morgan fingerprint density at radius 2 is 1.53 bits per heavy atom. The zero-order valence-electron chi connectivity index (χ0n) is 24.6. The van der Waals surface area contributed by atoms with Gasteiger partial charge < -0.3 is 14.9 Å². The van der Waals surface area contributed by atoms with Crippen LogP contribution < -0.4 is 0 Å². The van der Waals surface area contributed by atoms with E-state index in [0.29, 0.717) is 30.1 Å². The first-order chi connectivity index (χ1) is 16.4. The summed E-state index contributed by atoms with van der Waals surface area (Å²) in [4.78, 5) is 11.9. The van der Waals surface area contributed by atoms with Crippen molar-refractivity contribution in [1.29, 1.82) is 0 Å². The van der Waals surface area contributed by atoms with Gasteiger partial charge in [-0.25, -0.2) is 0 Å². The molecule has 4 saturated carbocycles. The monoisotopic (exact) mass is 502 g/mol. The Bertz CT molecular complexity index is 881. The van der Waals surface area contributed by atoms with Crippen LogP contribution in [0.5, 0.6) is 0 Å². The lowest BCUT2D eigenvalue weighted by molar-refractivity contribution is -0.229. The van der Waals surface area contributed by atoms with Crippen molar-refractivity contribution < 1.29 is 19.7 Å². The second kappa shape index (κ2) is 8.83. The number of hydrogen-bond acceptors (Lipinski definition) is 4. The highest BCUT2D eigenvalue weighted by Crippen LogP contribution is 2.75. The van der Waals surface area contributed by atoms with E-state index in [-0.39, 0.29) is 33.7 Å². The molecular weight excluding hydrogens is 448 g/mol. The Balaban J connectivity index is 1.59. The molecule has 2 N–H and O–H groups in total. The van der Waals surface area contributed by atoms with Crippen LogP contribution in [-0.4, -0.2) is 33.5 Å². The summed E-state index contributed by atoms with van der Waals surface area (Å²) >= 11 is 0. The molecule has 0 aromatic heterocycles. The molecular formula is C32H54O4. The highest BCUT2D eigenvalue weighted by atomic mass is 16.5. The number of fused-ring (bicyclic) bond motifs is 5. The third-order valence-corrected chi connectivity index (χ3v) is 12.5. The van der Waals surface area contributed by atoms with E-state index in [1.807, 2.05) is 19.1 Å². The van der Waals surface area contributed by atoms with E-state index >= 15 is 0 Å². The maximum absolute atomic E-state index is 11.9. The first-order valence-electron chi connectivity index (χ1n) is 14.7. The zero-order valence-corrected chi connectivity index (χ0v) is 24.6. The maximum Gasteiger partial charge on any atom is 0.302 e. The third kappa shape index (κ3) is 4.31. The van der Waals surface area contributed by atoms with Crippen molar-refractivity contribution in [3.05, 3.63) is 12.2 Å². The van der Waals surface area contributed by atoms with Crippen LogP contribution >= 0.6 is 0 Å². The third-order valence-electron chi connectivity index (χ3n) is 12.5. The summed E-state index contributed by atoms with van der Waals surface area (Å²) in [5, 5.41) is 21.8. The largest absolute Gasteiger partial charge is 0.462 e. The number of aliphatic hydroxyl groups is 2. The van der Waals surface area contributed by atoms with Crippen LogP contribution in [0.25, 0.3) is 0 Å². The molecule has 0 aromatic rings. The Labute approximate surface area is 220 Å². The normalized spacial score (nSPS) is 45.9. The van der Waals surface area contributed by atoms with Gasteiger partial charge in [-0.15, -0.1) is 0 Å². The van der Waals surface area contributed by atoms with E-state index in [4.69, 9.17) is 4.74 Å². The van der Waals surface area contributed by atoms with Crippen LogP contribution in [0.2, 0.25) is 0 Å². The fraction of sp³-hybridized carbons (Fsp3) is 0.906. The van der Waals surface area contributed by atoms with Crippen LogP contribution in [0, 0.1) is 45.3 Å². The molecule has 36 heavy (non-hydrogen) atoms. The maximum atomic E-state index is 11.9. The van der Waals surface area contributed by atoms with Crippen molar-refractivity contribution in [3.63, 3.8) is 0 Å². The van der Waals surface area contributed by atoms with Gasteiger partial charge in [-0.2, -0.15) is 0 Å². The molecule has 0 aliphatic heterocycles. The number of rotatable bonds is 5. The molecule has 9 unspecified atom stereocenters. The number of carbonyl (C=O) groups is 1. The summed E-state index contributed by atoms with van der Waals surface area (Å²) in [7, 11) is 0. The minimum atomic E-state index is -0.845.